The minimum Gasteiger partial charge on any atom is -0.443 e. The van der Waals surface area contributed by atoms with Crippen LogP contribution in [0.15, 0.2) is 36.5 Å². The van der Waals surface area contributed by atoms with Gasteiger partial charge in [-0.15, -0.1) is 0 Å². The Labute approximate surface area is 166 Å². The maximum absolute atomic E-state index is 12.1. The van der Waals surface area contributed by atoms with E-state index in [0.717, 1.165) is 31.2 Å². The van der Waals surface area contributed by atoms with Crippen molar-refractivity contribution in [3.63, 3.8) is 0 Å². The van der Waals surface area contributed by atoms with Gasteiger partial charge in [0.1, 0.15) is 5.60 Å². The van der Waals surface area contributed by atoms with Gasteiger partial charge in [0.05, 0.1) is 5.52 Å². The average molecular weight is 383 g/mol. The van der Waals surface area contributed by atoms with Crippen LogP contribution >= 0.6 is 0 Å². The number of carbonyl (C=O) groups is 2. The van der Waals surface area contributed by atoms with E-state index in [2.05, 4.69) is 34.0 Å². The van der Waals surface area contributed by atoms with Crippen molar-refractivity contribution in [3.05, 3.63) is 42.1 Å². The summed E-state index contributed by atoms with van der Waals surface area (Å²) < 4.78 is 5.11. The number of ether oxygens (including phenoxy) is 1. The highest BCUT2D eigenvalue weighted by Gasteiger charge is 2.25. The monoisotopic (exact) mass is 383 g/mol. The number of hydrogen-bond acceptors (Lipinski definition) is 4. The third-order valence-electron chi connectivity index (χ3n) is 5.15. The highest BCUT2D eigenvalue weighted by Crippen LogP contribution is 2.39. The maximum Gasteiger partial charge on any atom is 0.426 e. The van der Waals surface area contributed by atoms with E-state index >= 15 is 0 Å². The zero-order valence-electron chi connectivity index (χ0n) is 16.8. The van der Waals surface area contributed by atoms with Crippen LogP contribution in [0.2, 0.25) is 0 Å². The number of carbonyl (C=O) groups excluding carboxylic acids is 2. The highest BCUT2D eigenvalue weighted by molar-refractivity contribution is 5.82. The number of nitrogens with one attached hydrogen (secondary N) is 2. The largest absolute Gasteiger partial charge is 0.443 e. The van der Waals surface area contributed by atoms with Gasteiger partial charge in [0.2, 0.25) is 5.91 Å². The lowest BCUT2D eigenvalue weighted by molar-refractivity contribution is -0.123. The quantitative estimate of drug-likeness (QED) is 0.767. The van der Waals surface area contributed by atoms with Crippen LogP contribution in [0.25, 0.3) is 10.9 Å². The predicted molar refractivity (Wildman–Crippen MR) is 109 cm³/mol. The van der Waals surface area contributed by atoms with Crippen molar-refractivity contribution in [2.45, 2.75) is 64.4 Å². The highest BCUT2D eigenvalue weighted by atomic mass is 16.6. The summed E-state index contributed by atoms with van der Waals surface area (Å²) >= 11 is 0. The molecule has 1 aliphatic rings. The Morgan fingerprint density at radius 3 is 2.50 bits per heavy atom. The lowest BCUT2D eigenvalue weighted by Crippen LogP contribution is -2.44. The van der Waals surface area contributed by atoms with Crippen LogP contribution in [-0.4, -0.2) is 22.6 Å². The first-order chi connectivity index (χ1) is 13.3. The number of benzene rings is 1. The van der Waals surface area contributed by atoms with Crippen LogP contribution in [-0.2, 0) is 9.53 Å². The molecule has 0 saturated heterocycles. The number of hydrogen-bond donors (Lipinski definition) is 2. The number of fused-ring (bicyclic) bond motifs is 1. The van der Waals surface area contributed by atoms with Gasteiger partial charge < -0.3 is 4.74 Å². The Bertz CT molecular complexity index is 831. The van der Waals surface area contributed by atoms with Crippen molar-refractivity contribution >= 4 is 22.9 Å². The Morgan fingerprint density at radius 1 is 1.07 bits per heavy atom. The zero-order chi connectivity index (χ0) is 20.1. The zero-order valence-corrected chi connectivity index (χ0v) is 16.8. The molecular weight excluding hydrogens is 354 g/mol. The molecule has 1 heterocycles. The first-order valence-electron chi connectivity index (χ1n) is 9.93. The minimum absolute atomic E-state index is 0.177. The number of pyridine rings is 1. The van der Waals surface area contributed by atoms with Gasteiger partial charge in [-0.05, 0) is 76.0 Å². The molecule has 1 aliphatic carbocycles. The lowest BCUT2D eigenvalue weighted by atomic mass is 9.77. The molecule has 0 atom stereocenters. The Kier molecular flexibility index (Phi) is 6.17. The minimum atomic E-state index is -0.644. The van der Waals surface area contributed by atoms with Crippen LogP contribution in [0.5, 0.6) is 0 Å². The van der Waals surface area contributed by atoms with Gasteiger partial charge in [0.25, 0.3) is 0 Å². The summed E-state index contributed by atoms with van der Waals surface area (Å²) in [5, 5.41) is 1.23. The molecule has 1 fully saturated rings. The molecule has 3 rings (SSSR count). The molecule has 0 radical (unpaired) electrons. The van der Waals surface area contributed by atoms with Crippen LogP contribution < -0.4 is 10.9 Å². The fraction of sp³-hybridized carbons (Fsp3) is 0.500. The van der Waals surface area contributed by atoms with Gasteiger partial charge >= 0.3 is 6.09 Å². The number of hydrazine groups is 1. The molecular formula is C22H29N3O3. The Morgan fingerprint density at radius 2 is 1.79 bits per heavy atom. The molecule has 0 unspecified atom stereocenters. The number of para-hydroxylation sites is 1. The number of amides is 2. The van der Waals surface area contributed by atoms with Crippen molar-refractivity contribution in [2.75, 3.05) is 0 Å². The third-order valence-corrected chi connectivity index (χ3v) is 5.15. The Balaban J connectivity index is 1.48. The van der Waals surface area contributed by atoms with E-state index in [1.807, 2.05) is 18.3 Å². The maximum atomic E-state index is 12.1. The molecule has 6 heteroatoms. The summed E-state index contributed by atoms with van der Waals surface area (Å²) in [4.78, 5) is 28.2. The first-order valence-corrected chi connectivity index (χ1v) is 9.93. The van der Waals surface area contributed by atoms with Crippen LogP contribution in [0.1, 0.15) is 64.4 Å². The SMILES string of the molecule is CC(C)(C)OC(=O)NNC(=O)CC1CCC(c2ccnc3ccccc23)CC1. The molecule has 150 valence electrons. The molecule has 1 saturated carbocycles. The smallest absolute Gasteiger partial charge is 0.426 e. The second-order valence-corrected chi connectivity index (χ2v) is 8.51. The molecule has 0 bridgehead atoms. The van der Waals surface area contributed by atoms with Crippen LogP contribution in [0.4, 0.5) is 4.79 Å². The first kappa shape index (κ1) is 20.1. The van der Waals surface area contributed by atoms with Gasteiger partial charge in [-0.3, -0.25) is 15.2 Å². The average Bonchev–Trinajstić information content (AvgIpc) is 2.65. The van der Waals surface area contributed by atoms with Crippen molar-refractivity contribution in [2.24, 2.45) is 5.92 Å². The predicted octanol–water partition coefficient (Wildman–Crippen LogP) is 4.45. The van der Waals surface area contributed by atoms with Crippen LogP contribution in [0.3, 0.4) is 0 Å². The van der Waals surface area contributed by atoms with Crippen molar-refractivity contribution in [3.8, 4) is 0 Å². The molecule has 1 aromatic heterocycles. The van der Waals surface area contributed by atoms with Gasteiger partial charge in [-0.25, -0.2) is 10.2 Å². The molecule has 2 N–H and O–H groups in total. The van der Waals surface area contributed by atoms with Gasteiger partial charge in [0.15, 0.2) is 0 Å². The van der Waals surface area contributed by atoms with Gasteiger partial charge in [-0.1, -0.05) is 18.2 Å². The summed E-state index contributed by atoms with van der Waals surface area (Å²) in [7, 11) is 0. The summed E-state index contributed by atoms with van der Waals surface area (Å²) in [5.74, 6) is 0.667. The van der Waals surface area contributed by atoms with E-state index in [0.29, 0.717) is 18.3 Å². The fourth-order valence-corrected chi connectivity index (χ4v) is 3.89. The summed E-state index contributed by atoms with van der Waals surface area (Å²) in [6.07, 6.45) is 5.78. The summed E-state index contributed by atoms with van der Waals surface area (Å²) in [6, 6.07) is 10.4. The molecule has 28 heavy (non-hydrogen) atoms. The van der Waals surface area contributed by atoms with Crippen LogP contribution in [0, 0.1) is 5.92 Å². The van der Waals surface area contributed by atoms with Crippen molar-refractivity contribution < 1.29 is 14.3 Å². The van der Waals surface area contributed by atoms with E-state index in [1.54, 1.807) is 20.8 Å². The van der Waals surface area contributed by atoms with Gasteiger partial charge in [-0.2, -0.15) is 0 Å². The summed E-state index contributed by atoms with van der Waals surface area (Å²) in [5.41, 5.74) is 6.57. The topological polar surface area (TPSA) is 80.3 Å². The molecule has 0 spiro atoms. The van der Waals surface area contributed by atoms with E-state index < -0.39 is 11.7 Å². The number of rotatable bonds is 3. The van der Waals surface area contributed by atoms with E-state index in [9.17, 15) is 9.59 Å². The summed E-state index contributed by atoms with van der Waals surface area (Å²) in [6.45, 7) is 5.33. The van der Waals surface area contributed by atoms with Crippen molar-refractivity contribution in [1.29, 1.82) is 0 Å². The second kappa shape index (κ2) is 8.59. The van der Waals surface area contributed by atoms with Crippen molar-refractivity contribution in [1.82, 2.24) is 15.8 Å². The lowest BCUT2D eigenvalue weighted by Gasteiger charge is -2.29. The Hall–Kier alpha value is -2.63. The number of nitrogens with zero attached hydrogens (tertiary/aromatic N) is 1. The standard InChI is InChI=1S/C22H29N3O3/c1-22(2,3)28-21(27)25-24-20(26)14-15-8-10-16(11-9-15)17-12-13-23-19-7-5-4-6-18(17)19/h4-7,12-13,15-16H,8-11,14H2,1-3H3,(H,24,26)(H,25,27). The molecule has 2 amide bonds. The molecule has 6 nitrogen and oxygen atoms in total. The molecule has 2 aromatic rings. The van der Waals surface area contributed by atoms with Gasteiger partial charge in [0, 0.05) is 18.0 Å². The number of aromatic nitrogens is 1. The van der Waals surface area contributed by atoms with E-state index in [-0.39, 0.29) is 5.91 Å². The molecule has 1 aromatic carbocycles. The molecule has 0 aliphatic heterocycles. The van der Waals surface area contributed by atoms with E-state index in [4.69, 9.17) is 4.74 Å². The van der Waals surface area contributed by atoms with E-state index in [1.165, 1.54) is 10.9 Å². The normalized spacial score (nSPS) is 19.8. The second-order valence-electron chi connectivity index (χ2n) is 8.51. The fourth-order valence-electron chi connectivity index (χ4n) is 3.89. The third kappa shape index (κ3) is 5.44.